The van der Waals surface area contributed by atoms with Gasteiger partial charge in [-0.1, -0.05) is 0 Å². The van der Waals surface area contributed by atoms with E-state index in [2.05, 4.69) is 13.8 Å². The molecule has 1 aliphatic heterocycles. The van der Waals surface area contributed by atoms with E-state index in [0.29, 0.717) is 12.3 Å². The van der Waals surface area contributed by atoms with Crippen molar-refractivity contribution < 1.29 is 9.53 Å². The quantitative estimate of drug-likeness (QED) is 0.544. The molecule has 0 amide bonds. The van der Waals surface area contributed by atoms with Crippen LogP contribution in [0.2, 0.25) is 0 Å². The third-order valence-electron chi connectivity index (χ3n) is 1.92. The van der Waals surface area contributed by atoms with Crippen molar-refractivity contribution in [2.75, 3.05) is 6.61 Å². The van der Waals surface area contributed by atoms with Gasteiger partial charge in [-0.2, -0.15) is 0 Å². The summed E-state index contributed by atoms with van der Waals surface area (Å²) in [5.74, 6) is 0.465. The van der Waals surface area contributed by atoms with Gasteiger partial charge in [0.25, 0.3) is 0 Å². The minimum absolute atomic E-state index is 0.00762. The minimum atomic E-state index is 0.00762. The summed E-state index contributed by atoms with van der Waals surface area (Å²) in [4.78, 5) is 10.1. The molecule has 10 heavy (non-hydrogen) atoms. The Balaban J connectivity index is 2.35. The molecule has 58 valence electrons. The Morgan fingerprint density at radius 3 is 2.80 bits per heavy atom. The molecule has 0 aliphatic carbocycles. The Kier molecular flexibility index (Phi) is 2.09. The normalized spacial score (nSPS) is 30.4. The van der Waals surface area contributed by atoms with Crippen molar-refractivity contribution in [3.63, 3.8) is 0 Å². The Morgan fingerprint density at radius 2 is 2.40 bits per heavy atom. The number of rotatable bonds is 2. The number of carbonyl (C=O) groups excluding carboxylic acids is 1. The highest BCUT2D eigenvalue weighted by molar-refractivity contribution is 5.49. The fourth-order valence-electron chi connectivity index (χ4n) is 1.44. The fraction of sp³-hybridized carbons (Fsp3) is 0.875. The summed E-state index contributed by atoms with van der Waals surface area (Å²) < 4.78 is 5.45. The van der Waals surface area contributed by atoms with Crippen molar-refractivity contribution in [3.8, 4) is 0 Å². The first-order chi connectivity index (χ1) is 4.64. The lowest BCUT2D eigenvalue weighted by Crippen LogP contribution is -2.16. The average Bonchev–Trinajstić information content (AvgIpc) is 2.12. The zero-order valence-corrected chi connectivity index (χ0v) is 6.59. The highest BCUT2D eigenvalue weighted by atomic mass is 16.5. The van der Waals surface area contributed by atoms with Crippen LogP contribution in [-0.4, -0.2) is 18.5 Å². The van der Waals surface area contributed by atoms with Gasteiger partial charge in [0.05, 0.1) is 12.2 Å². The molecule has 2 heteroatoms. The molecule has 1 saturated heterocycles. The second kappa shape index (κ2) is 2.70. The largest absolute Gasteiger partial charge is 0.375 e. The van der Waals surface area contributed by atoms with Crippen LogP contribution in [0, 0.1) is 5.92 Å². The van der Waals surface area contributed by atoms with E-state index in [1.807, 2.05) is 0 Å². The number of hydrogen-bond acceptors (Lipinski definition) is 2. The first-order valence-corrected chi connectivity index (χ1v) is 3.72. The summed E-state index contributed by atoms with van der Waals surface area (Å²) in [5.41, 5.74) is 0.00762. The monoisotopic (exact) mass is 142 g/mol. The standard InChI is InChI=1S/C8H14O2/c1-8(2)5-7(3-4-9)6-10-8/h4,7H,3,5-6H2,1-2H3/t7-/m1/s1. The summed E-state index contributed by atoms with van der Waals surface area (Å²) in [6, 6.07) is 0. The predicted molar refractivity (Wildman–Crippen MR) is 38.8 cm³/mol. The lowest BCUT2D eigenvalue weighted by Gasteiger charge is -2.15. The summed E-state index contributed by atoms with van der Waals surface area (Å²) in [6.07, 6.45) is 2.66. The molecule has 2 nitrogen and oxygen atoms in total. The number of hydrogen-bond donors (Lipinski definition) is 0. The van der Waals surface area contributed by atoms with Crippen LogP contribution in [0.15, 0.2) is 0 Å². The lowest BCUT2D eigenvalue weighted by atomic mass is 9.96. The van der Waals surface area contributed by atoms with E-state index in [9.17, 15) is 4.79 Å². The molecule has 0 aromatic carbocycles. The molecular weight excluding hydrogens is 128 g/mol. The number of aldehydes is 1. The molecule has 1 fully saturated rings. The zero-order chi connectivity index (χ0) is 7.61. The molecule has 0 unspecified atom stereocenters. The smallest absolute Gasteiger partial charge is 0.120 e. The first kappa shape index (κ1) is 7.73. The molecule has 0 N–H and O–H groups in total. The molecule has 1 aliphatic rings. The average molecular weight is 142 g/mol. The molecule has 0 bridgehead atoms. The highest BCUT2D eigenvalue weighted by Crippen LogP contribution is 2.30. The van der Waals surface area contributed by atoms with E-state index >= 15 is 0 Å². The number of ether oxygens (including phenoxy) is 1. The SMILES string of the molecule is CC1(C)C[C@@H](CC=O)CO1. The third kappa shape index (κ3) is 1.81. The fourth-order valence-corrected chi connectivity index (χ4v) is 1.44. The van der Waals surface area contributed by atoms with Crippen molar-refractivity contribution in [1.82, 2.24) is 0 Å². The van der Waals surface area contributed by atoms with Gasteiger partial charge in [0, 0.05) is 6.42 Å². The van der Waals surface area contributed by atoms with Crippen LogP contribution < -0.4 is 0 Å². The van der Waals surface area contributed by atoms with Crippen molar-refractivity contribution in [1.29, 1.82) is 0 Å². The van der Waals surface area contributed by atoms with E-state index in [0.717, 1.165) is 19.3 Å². The second-order valence-electron chi connectivity index (χ2n) is 3.54. The summed E-state index contributed by atoms with van der Waals surface area (Å²) in [5, 5.41) is 0. The van der Waals surface area contributed by atoms with Gasteiger partial charge in [-0.05, 0) is 26.2 Å². The maximum Gasteiger partial charge on any atom is 0.120 e. The van der Waals surface area contributed by atoms with Crippen molar-refractivity contribution in [2.24, 2.45) is 5.92 Å². The molecule has 0 saturated carbocycles. The van der Waals surface area contributed by atoms with E-state index < -0.39 is 0 Å². The Bertz CT molecular complexity index is 129. The molecule has 0 aromatic rings. The van der Waals surface area contributed by atoms with Crippen LogP contribution in [0.25, 0.3) is 0 Å². The molecule has 0 aromatic heterocycles. The summed E-state index contributed by atoms with van der Waals surface area (Å²) in [6.45, 7) is 4.89. The summed E-state index contributed by atoms with van der Waals surface area (Å²) in [7, 11) is 0. The molecule has 1 atom stereocenters. The molecular formula is C8H14O2. The third-order valence-corrected chi connectivity index (χ3v) is 1.92. The van der Waals surface area contributed by atoms with Crippen LogP contribution in [0.5, 0.6) is 0 Å². The van der Waals surface area contributed by atoms with Crippen LogP contribution in [0.4, 0.5) is 0 Å². The van der Waals surface area contributed by atoms with Crippen LogP contribution in [0.3, 0.4) is 0 Å². The highest BCUT2D eigenvalue weighted by Gasteiger charge is 2.31. The Labute approximate surface area is 61.6 Å². The van der Waals surface area contributed by atoms with Gasteiger partial charge in [0.15, 0.2) is 0 Å². The predicted octanol–water partition coefficient (Wildman–Crippen LogP) is 1.39. The van der Waals surface area contributed by atoms with Crippen molar-refractivity contribution in [2.45, 2.75) is 32.3 Å². The van der Waals surface area contributed by atoms with E-state index in [1.165, 1.54) is 0 Å². The van der Waals surface area contributed by atoms with Crippen LogP contribution >= 0.6 is 0 Å². The first-order valence-electron chi connectivity index (χ1n) is 3.72. The van der Waals surface area contributed by atoms with Crippen molar-refractivity contribution in [3.05, 3.63) is 0 Å². The van der Waals surface area contributed by atoms with Gasteiger partial charge >= 0.3 is 0 Å². The molecule has 1 rings (SSSR count). The second-order valence-corrected chi connectivity index (χ2v) is 3.54. The zero-order valence-electron chi connectivity index (χ0n) is 6.59. The van der Waals surface area contributed by atoms with Crippen LogP contribution in [0.1, 0.15) is 26.7 Å². The topological polar surface area (TPSA) is 26.3 Å². The van der Waals surface area contributed by atoms with E-state index in [1.54, 1.807) is 0 Å². The van der Waals surface area contributed by atoms with E-state index in [4.69, 9.17) is 4.74 Å². The van der Waals surface area contributed by atoms with E-state index in [-0.39, 0.29) is 5.60 Å². The minimum Gasteiger partial charge on any atom is -0.375 e. The maximum absolute atomic E-state index is 10.1. The van der Waals surface area contributed by atoms with Gasteiger partial charge < -0.3 is 9.53 Å². The van der Waals surface area contributed by atoms with Gasteiger partial charge in [0.2, 0.25) is 0 Å². The molecule has 1 heterocycles. The van der Waals surface area contributed by atoms with Gasteiger partial charge in [0.1, 0.15) is 6.29 Å². The maximum atomic E-state index is 10.1. The van der Waals surface area contributed by atoms with Crippen molar-refractivity contribution >= 4 is 6.29 Å². The Hall–Kier alpha value is -0.370. The molecule has 0 spiro atoms. The number of carbonyl (C=O) groups is 1. The molecule has 0 radical (unpaired) electrons. The Morgan fingerprint density at radius 1 is 1.70 bits per heavy atom. The van der Waals surface area contributed by atoms with Gasteiger partial charge in [-0.3, -0.25) is 0 Å². The van der Waals surface area contributed by atoms with Crippen LogP contribution in [-0.2, 0) is 9.53 Å². The summed E-state index contributed by atoms with van der Waals surface area (Å²) >= 11 is 0. The van der Waals surface area contributed by atoms with Gasteiger partial charge in [-0.25, -0.2) is 0 Å². The lowest BCUT2D eigenvalue weighted by molar-refractivity contribution is -0.108. The van der Waals surface area contributed by atoms with Gasteiger partial charge in [-0.15, -0.1) is 0 Å².